The van der Waals surface area contributed by atoms with Crippen LogP contribution in [0, 0.1) is 12.8 Å². The van der Waals surface area contributed by atoms with E-state index in [0.29, 0.717) is 32.6 Å². The summed E-state index contributed by atoms with van der Waals surface area (Å²) in [6, 6.07) is 7.58. The number of hydrogen-bond donors (Lipinski definition) is 1. The van der Waals surface area contributed by atoms with E-state index >= 15 is 0 Å². The maximum Gasteiger partial charge on any atom is 0.239 e. The standard InChI is InChI=1S/C18H27N3O2/c1-13(2)17(19)18(23)21-10-8-20(9-11-21)16(22)12-15-6-4-14(3)5-7-15/h4-7,13,17H,8-12,19H2,1-3H3/t17-/m0/s1. The molecule has 126 valence electrons. The lowest BCUT2D eigenvalue weighted by molar-refractivity contribution is -0.140. The Bertz CT molecular complexity index is 546. The molecule has 1 fully saturated rings. The highest BCUT2D eigenvalue weighted by Crippen LogP contribution is 2.10. The van der Waals surface area contributed by atoms with E-state index in [1.54, 1.807) is 4.90 Å². The zero-order chi connectivity index (χ0) is 17.0. The van der Waals surface area contributed by atoms with Crippen LogP contribution in [0.15, 0.2) is 24.3 Å². The normalized spacial score (nSPS) is 16.6. The summed E-state index contributed by atoms with van der Waals surface area (Å²) in [6.45, 7) is 8.23. The van der Waals surface area contributed by atoms with Gasteiger partial charge in [0, 0.05) is 26.2 Å². The van der Waals surface area contributed by atoms with E-state index < -0.39 is 6.04 Å². The summed E-state index contributed by atoms with van der Waals surface area (Å²) in [6.07, 6.45) is 0.416. The van der Waals surface area contributed by atoms with Crippen molar-refractivity contribution in [2.75, 3.05) is 26.2 Å². The molecule has 1 saturated heterocycles. The second kappa shape index (κ2) is 7.59. The summed E-state index contributed by atoms with van der Waals surface area (Å²) in [4.78, 5) is 28.2. The van der Waals surface area contributed by atoms with E-state index in [9.17, 15) is 9.59 Å². The number of benzene rings is 1. The number of hydrogen-bond acceptors (Lipinski definition) is 3. The van der Waals surface area contributed by atoms with E-state index in [0.717, 1.165) is 5.56 Å². The maximum absolute atomic E-state index is 12.4. The van der Waals surface area contributed by atoms with Gasteiger partial charge in [-0.3, -0.25) is 9.59 Å². The minimum absolute atomic E-state index is 0.00867. The minimum atomic E-state index is -0.454. The van der Waals surface area contributed by atoms with Crippen molar-refractivity contribution < 1.29 is 9.59 Å². The molecule has 0 spiro atoms. The first-order valence-electron chi connectivity index (χ1n) is 8.26. The number of nitrogens with zero attached hydrogens (tertiary/aromatic N) is 2. The zero-order valence-corrected chi connectivity index (χ0v) is 14.3. The van der Waals surface area contributed by atoms with Crippen molar-refractivity contribution in [2.45, 2.75) is 33.2 Å². The first-order chi connectivity index (χ1) is 10.9. The first kappa shape index (κ1) is 17.5. The highest BCUT2D eigenvalue weighted by molar-refractivity contribution is 5.83. The van der Waals surface area contributed by atoms with Crippen molar-refractivity contribution in [1.82, 2.24) is 9.80 Å². The van der Waals surface area contributed by atoms with Crippen molar-refractivity contribution in [3.63, 3.8) is 0 Å². The summed E-state index contributed by atoms with van der Waals surface area (Å²) in [5, 5.41) is 0. The number of carbonyl (C=O) groups is 2. The molecular weight excluding hydrogens is 290 g/mol. The number of carbonyl (C=O) groups excluding carboxylic acids is 2. The molecule has 1 atom stereocenters. The number of aryl methyl sites for hydroxylation is 1. The van der Waals surface area contributed by atoms with Crippen LogP contribution in [0.5, 0.6) is 0 Å². The van der Waals surface area contributed by atoms with Gasteiger partial charge < -0.3 is 15.5 Å². The zero-order valence-electron chi connectivity index (χ0n) is 14.3. The Balaban J connectivity index is 1.85. The van der Waals surface area contributed by atoms with Gasteiger partial charge in [-0.2, -0.15) is 0 Å². The summed E-state index contributed by atoms with van der Waals surface area (Å²) in [7, 11) is 0. The van der Waals surface area contributed by atoms with Crippen molar-refractivity contribution >= 4 is 11.8 Å². The van der Waals surface area contributed by atoms with Gasteiger partial charge in [-0.25, -0.2) is 0 Å². The fraction of sp³-hybridized carbons (Fsp3) is 0.556. The molecule has 0 radical (unpaired) electrons. The van der Waals surface area contributed by atoms with Gasteiger partial charge in [-0.15, -0.1) is 0 Å². The van der Waals surface area contributed by atoms with Gasteiger partial charge in [-0.1, -0.05) is 43.7 Å². The molecule has 0 saturated carbocycles. The van der Waals surface area contributed by atoms with E-state index in [4.69, 9.17) is 5.73 Å². The van der Waals surface area contributed by atoms with Gasteiger partial charge >= 0.3 is 0 Å². The molecule has 0 unspecified atom stereocenters. The molecule has 5 nitrogen and oxygen atoms in total. The average molecular weight is 317 g/mol. The van der Waals surface area contributed by atoms with Crippen molar-refractivity contribution in [2.24, 2.45) is 11.7 Å². The second-order valence-corrected chi connectivity index (χ2v) is 6.64. The monoisotopic (exact) mass is 317 g/mol. The molecule has 1 aromatic rings. The molecular formula is C18H27N3O2. The highest BCUT2D eigenvalue weighted by atomic mass is 16.2. The molecule has 0 bridgehead atoms. The lowest BCUT2D eigenvalue weighted by Crippen LogP contribution is -2.55. The Morgan fingerprint density at radius 3 is 2.09 bits per heavy atom. The fourth-order valence-electron chi connectivity index (χ4n) is 2.66. The molecule has 1 aliphatic heterocycles. The number of piperazine rings is 1. The van der Waals surface area contributed by atoms with E-state index in [1.807, 2.05) is 49.9 Å². The molecule has 1 aliphatic rings. The van der Waals surface area contributed by atoms with Crippen LogP contribution >= 0.6 is 0 Å². The summed E-state index contributed by atoms with van der Waals surface area (Å²) in [5.74, 6) is 0.239. The van der Waals surface area contributed by atoms with E-state index in [-0.39, 0.29) is 17.7 Å². The average Bonchev–Trinajstić information content (AvgIpc) is 2.55. The Labute approximate surface area is 138 Å². The predicted octanol–water partition coefficient (Wildman–Crippen LogP) is 1.19. The molecule has 2 rings (SSSR count). The van der Waals surface area contributed by atoms with Gasteiger partial charge in [0.15, 0.2) is 0 Å². The first-order valence-corrected chi connectivity index (χ1v) is 8.26. The lowest BCUT2D eigenvalue weighted by Gasteiger charge is -2.36. The molecule has 0 aromatic heterocycles. The fourth-order valence-corrected chi connectivity index (χ4v) is 2.66. The van der Waals surface area contributed by atoms with Crippen LogP contribution in [-0.4, -0.2) is 53.8 Å². The summed E-state index contributed by atoms with van der Waals surface area (Å²) in [5.41, 5.74) is 8.15. The smallest absolute Gasteiger partial charge is 0.239 e. The van der Waals surface area contributed by atoms with Gasteiger partial charge in [0.2, 0.25) is 11.8 Å². The number of nitrogens with two attached hydrogens (primary N) is 1. The quantitative estimate of drug-likeness (QED) is 0.907. The molecule has 0 aliphatic carbocycles. The Kier molecular flexibility index (Phi) is 5.77. The van der Waals surface area contributed by atoms with Gasteiger partial charge in [0.1, 0.15) is 0 Å². The molecule has 5 heteroatoms. The molecule has 2 amide bonds. The third kappa shape index (κ3) is 4.55. The van der Waals surface area contributed by atoms with Crippen molar-refractivity contribution in [3.8, 4) is 0 Å². The van der Waals surface area contributed by atoms with Crippen LogP contribution in [0.1, 0.15) is 25.0 Å². The molecule has 1 aromatic carbocycles. The van der Waals surface area contributed by atoms with Crippen molar-refractivity contribution in [1.29, 1.82) is 0 Å². The van der Waals surface area contributed by atoms with Gasteiger partial charge in [0.05, 0.1) is 12.5 Å². The predicted molar refractivity (Wildman–Crippen MR) is 90.9 cm³/mol. The number of amides is 2. The summed E-state index contributed by atoms with van der Waals surface area (Å²) >= 11 is 0. The van der Waals surface area contributed by atoms with Crippen LogP contribution < -0.4 is 5.73 Å². The topological polar surface area (TPSA) is 66.6 Å². The van der Waals surface area contributed by atoms with Gasteiger partial charge in [0.25, 0.3) is 0 Å². The van der Waals surface area contributed by atoms with Crippen LogP contribution in [-0.2, 0) is 16.0 Å². The van der Waals surface area contributed by atoms with Crippen LogP contribution in [0.25, 0.3) is 0 Å². The third-order valence-electron chi connectivity index (χ3n) is 4.42. The lowest BCUT2D eigenvalue weighted by atomic mass is 10.0. The summed E-state index contributed by atoms with van der Waals surface area (Å²) < 4.78 is 0. The minimum Gasteiger partial charge on any atom is -0.339 e. The van der Waals surface area contributed by atoms with E-state index in [1.165, 1.54) is 5.56 Å². The number of rotatable bonds is 4. The Hall–Kier alpha value is -1.88. The van der Waals surface area contributed by atoms with Crippen LogP contribution in [0.2, 0.25) is 0 Å². The molecule has 23 heavy (non-hydrogen) atoms. The highest BCUT2D eigenvalue weighted by Gasteiger charge is 2.28. The van der Waals surface area contributed by atoms with Crippen molar-refractivity contribution in [3.05, 3.63) is 35.4 Å². The van der Waals surface area contributed by atoms with Crippen LogP contribution in [0.3, 0.4) is 0 Å². The maximum atomic E-state index is 12.4. The Morgan fingerprint density at radius 2 is 1.57 bits per heavy atom. The Morgan fingerprint density at radius 1 is 1.04 bits per heavy atom. The second-order valence-electron chi connectivity index (χ2n) is 6.64. The SMILES string of the molecule is Cc1ccc(CC(=O)N2CCN(C(=O)[C@@H](N)C(C)C)CC2)cc1. The van der Waals surface area contributed by atoms with E-state index in [2.05, 4.69) is 0 Å². The molecule has 2 N–H and O–H groups in total. The van der Waals surface area contributed by atoms with Gasteiger partial charge in [-0.05, 0) is 18.4 Å². The largest absolute Gasteiger partial charge is 0.339 e. The molecule has 1 heterocycles. The third-order valence-corrected chi connectivity index (χ3v) is 4.42. The van der Waals surface area contributed by atoms with Crippen LogP contribution in [0.4, 0.5) is 0 Å².